The molecule has 3 heteroatoms. The lowest BCUT2D eigenvalue weighted by molar-refractivity contribution is 0.599. The summed E-state index contributed by atoms with van der Waals surface area (Å²) in [6, 6.07) is 53.9. The average Bonchev–Trinajstić information content (AvgIpc) is 3.35. The number of hydrogen-bond acceptors (Lipinski definition) is 2. The molecule has 8 aromatic rings. The Kier molecular flexibility index (Phi) is 5.62. The van der Waals surface area contributed by atoms with E-state index in [1.54, 1.807) is 12.1 Å². The van der Waals surface area contributed by atoms with Crippen molar-refractivity contribution in [2.75, 3.05) is 0 Å². The number of hydrogen-bond donors (Lipinski definition) is 0. The van der Waals surface area contributed by atoms with Gasteiger partial charge in [-0.15, -0.1) is 0 Å². The van der Waals surface area contributed by atoms with E-state index in [9.17, 15) is 8.42 Å². The van der Waals surface area contributed by atoms with Crippen molar-refractivity contribution in [2.24, 2.45) is 0 Å². The SMILES string of the molecule is O=S1(=O)c2ccccc2-c2cccc(-c3cccc(-c4cccc(-c5ccc6c7ccccc7c7ccccc7c6c5)c4)c3)c21. The van der Waals surface area contributed by atoms with Gasteiger partial charge in [-0.3, -0.25) is 0 Å². The Morgan fingerprint density at radius 3 is 1.42 bits per heavy atom. The summed E-state index contributed by atoms with van der Waals surface area (Å²) in [5.74, 6) is 0. The zero-order valence-electron chi connectivity index (χ0n) is 24.2. The predicted molar refractivity (Wildman–Crippen MR) is 186 cm³/mol. The van der Waals surface area contributed by atoms with Gasteiger partial charge >= 0.3 is 0 Å². The van der Waals surface area contributed by atoms with Crippen LogP contribution in [0.4, 0.5) is 0 Å². The quantitative estimate of drug-likeness (QED) is 0.191. The molecular formula is C42H26O2S. The molecule has 1 heterocycles. The second-order valence-corrected chi connectivity index (χ2v) is 13.5. The van der Waals surface area contributed by atoms with Crippen molar-refractivity contribution in [1.29, 1.82) is 0 Å². The molecule has 0 bridgehead atoms. The summed E-state index contributed by atoms with van der Waals surface area (Å²) in [4.78, 5) is 0.778. The van der Waals surface area contributed by atoms with Crippen molar-refractivity contribution in [2.45, 2.75) is 9.79 Å². The first-order valence-corrected chi connectivity index (χ1v) is 16.6. The van der Waals surface area contributed by atoms with Gasteiger partial charge in [-0.1, -0.05) is 133 Å². The molecule has 45 heavy (non-hydrogen) atoms. The minimum atomic E-state index is -3.61. The Balaban J connectivity index is 1.16. The third-order valence-electron chi connectivity index (χ3n) is 9.20. The lowest BCUT2D eigenvalue weighted by Gasteiger charge is -2.13. The van der Waals surface area contributed by atoms with Gasteiger partial charge in [-0.25, -0.2) is 8.42 Å². The highest BCUT2D eigenvalue weighted by atomic mass is 32.2. The smallest absolute Gasteiger partial charge is 0.208 e. The van der Waals surface area contributed by atoms with Gasteiger partial charge in [0, 0.05) is 16.7 Å². The molecule has 0 fully saturated rings. The van der Waals surface area contributed by atoms with Crippen molar-refractivity contribution in [3.63, 3.8) is 0 Å². The second kappa shape index (κ2) is 9.75. The highest BCUT2D eigenvalue weighted by molar-refractivity contribution is 7.92. The molecule has 0 radical (unpaired) electrons. The number of sulfone groups is 1. The average molecular weight is 595 g/mol. The molecular weight excluding hydrogens is 569 g/mol. The topological polar surface area (TPSA) is 34.1 Å². The number of rotatable bonds is 3. The van der Waals surface area contributed by atoms with Gasteiger partial charge in [0.2, 0.25) is 9.84 Å². The van der Waals surface area contributed by atoms with E-state index < -0.39 is 9.84 Å². The van der Waals surface area contributed by atoms with Crippen LogP contribution in [-0.2, 0) is 9.84 Å². The molecule has 0 aliphatic carbocycles. The van der Waals surface area contributed by atoms with Crippen LogP contribution >= 0.6 is 0 Å². The Morgan fingerprint density at radius 2 is 0.756 bits per heavy atom. The van der Waals surface area contributed by atoms with E-state index in [1.165, 1.54) is 32.3 Å². The highest BCUT2D eigenvalue weighted by Gasteiger charge is 2.35. The van der Waals surface area contributed by atoms with Crippen LogP contribution in [0.15, 0.2) is 168 Å². The first kappa shape index (κ1) is 25.9. The summed E-state index contributed by atoms with van der Waals surface area (Å²) in [5.41, 5.74) is 7.57. The summed E-state index contributed by atoms with van der Waals surface area (Å²) >= 11 is 0. The fraction of sp³-hybridized carbons (Fsp3) is 0. The first-order valence-electron chi connectivity index (χ1n) is 15.1. The van der Waals surface area contributed by atoms with Gasteiger partial charge in [-0.2, -0.15) is 0 Å². The van der Waals surface area contributed by atoms with Crippen LogP contribution in [-0.4, -0.2) is 8.42 Å². The second-order valence-electron chi connectivity index (χ2n) is 11.7. The van der Waals surface area contributed by atoms with Crippen molar-refractivity contribution in [3.05, 3.63) is 158 Å². The Morgan fingerprint density at radius 1 is 0.311 bits per heavy atom. The van der Waals surface area contributed by atoms with Crippen LogP contribution in [0.25, 0.3) is 76.8 Å². The molecule has 212 valence electrons. The summed E-state index contributed by atoms with van der Waals surface area (Å²) < 4.78 is 27.3. The van der Waals surface area contributed by atoms with Gasteiger partial charge in [0.05, 0.1) is 9.79 Å². The number of fused-ring (bicyclic) bond motifs is 9. The molecule has 0 saturated heterocycles. The number of benzene rings is 8. The molecule has 2 nitrogen and oxygen atoms in total. The molecule has 0 amide bonds. The van der Waals surface area contributed by atoms with Gasteiger partial charge < -0.3 is 0 Å². The van der Waals surface area contributed by atoms with Crippen molar-refractivity contribution in [1.82, 2.24) is 0 Å². The molecule has 0 unspecified atom stereocenters. The first-order chi connectivity index (χ1) is 22.1. The third kappa shape index (κ3) is 3.91. The van der Waals surface area contributed by atoms with E-state index in [-0.39, 0.29) is 0 Å². The largest absolute Gasteiger partial charge is 0.218 e. The molecule has 8 aromatic carbocycles. The zero-order chi connectivity index (χ0) is 30.1. The van der Waals surface area contributed by atoms with Crippen LogP contribution in [0.1, 0.15) is 0 Å². The van der Waals surface area contributed by atoms with E-state index in [1.807, 2.05) is 42.5 Å². The lowest BCUT2D eigenvalue weighted by Crippen LogP contribution is -1.99. The summed E-state index contributed by atoms with van der Waals surface area (Å²) in [6.07, 6.45) is 0. The maximum absolute atomic E-state index is 13.7. The molecule has 1 aliphatic heterocycles. The van der Waals surface area contributed by atoms with Crippen molar-refractivity contribution < 1.29 is 8.42 Å². The van der Waals surface area contributed by atoms with Crippen LogP contribution in [0, 0.1) is 0 Å². The van der Waals surface area contributed by atoms with E-state index >= 15 is 0 Å². The van der Waals surface area contributed by atoms with Gasteiger partial charge in [0.25, 0.3) is 0 Å². The minimum absolute atomic E-state index is 0.382. The Hall–Kier alpha value is -5.51. The fourth-order valence-electron chi connectivity index (χ4n) is 7.13. The summed E-state index contributed by atoms with van der Waals surface area (Å²) in [5, 5.41) is 7.56. The van der Waals surface area contributed by atoms with Crippen LogP contribution in [0.2, 0.25) is 0 Å². The van der Waals surface area contributed by atoms with E-state index in [0.29, 0.717) is 9.79 Å². The predicted octanol–water partition coefficient (Wildman–Crippen LogP) is 11.0. The van der Waals surface area contributed by atoms with E-state index in [0.717, 1.165) is 44.5 Å². The van der Waals surface area contributed by atoms with Crippen molar-refractivity contribution in [3.8, 4) is 44.5 Å². The Bertz CT molecular complexity index is 2580. The van der Waals surface area contributed by atoms with Gasteiger partial charge in [0.1, 0.15) is 0 Å². The summed E-state index contributed by atoms with van der Waals surface area (Å²) in [7, 11) is -3.61. The maximum Gasteiger partial charge on any atom is 0.208 e. The van der Waals surface area contributed by atoms with Gasteiger partial charge in [-0.05, 0) is 84.4 Å². The molecule has 0 aromatic heterocycles. The molecule has 1 aliphatic rings. The molecule has 9 rings (SSSR count). The van der Waals surface area contributed by atoms with E-state index in [4.69, 9.17) is 0 Å². The van der Waals surface area contributed by atoms with Crippen LogP contribution < -0.4 is 0 Å². The van der Waals surface area contributed by atoms with Crippen LogP contribution in [0.5, 0.6) is 0 Å². The maximum atomic E-state index is 13.7. The molecule has 0 saturated carbocycles. The fourth-order valence-corrected chi connectivity index (χ4v) is 9.02. The monoisotopic (exact) mass is 594 g/mol. The van der Waals surface area contributed by atoms with Crippen LogP contribution in [0.3, 0.4) is 0 Å². The van der Waals surface area contributed by atoms with Crippen molar-refractivity contribution >= 4 is 42.2 Å². The molecule has 0 N–H and O–H groups in total. The standard InChI is InChI=1S/C42H26O2S/c43-45(44)41-21-6-5-18-38(41)39-20-9-19-32(42(39)45)31-13-8-12-29(25-31)27-10-7-11-28(24-27)30-22-23-37-35-16-2-1-14-33(35)34-15-3-4-17-36(34)40(37)26-30/h1-26H. The summed E-state index contributed by atoms with van der Waals surface area (Å²) in [6.45, 7) is 0. The van der Waals surface area contributed by atoms with Gasteiger partial charge in [0.15, 0.2) is 0 Å². The Labute approximate surface area is 261 Å². The normalized spacial score (nSPS) is 13.2. The minimum Gasteiger partial charge on any atom is -0.218 e. The molecule has 0 atom stereocenters. The highest BCUT2D eigenvalue weighted by Crippen LogP contribution is 2.47. The molecule has 0 spiro atoms. The lowest BCUT2D eigenvalue weighted by atomic mass is 9.91. The zero-order valence-corrected chi connectivity index (χ0v) is 25.1. The van der Waals surface area contributed by atoms with E-state index in [2.05, 4.69) is 103 Å². The third-order valence-corrected chi connectivity index (χ3v) is 11.1.